The van der Waals surface area contributed by atoms with E-state index in [1.165, 1.54) is 5.57 Å². The molecule has 1 aromatic carbocycles. The number of nitrogens with one attached hydrogen (secondary N) is 1. The molecule has 2 heterocycles. The van der Waals surface area contributed by atoms with Gasteiger partial charge in [0.2, 0.25) is 0 Å². The molecule has 20 heavy (non-hydrogen) atoms. The van der Waals surface area contributed by atoms with Crippen LogP contribution in [-0.4, -0.2) is 31.9 Å². The summed E-state index contributed by atoms with van der Waals surface area (Å²) < 4.78 is 34.3. The molecule has 2 aliphatic rings. The van der Waals surface area contributed by atoms with Crippen LogP contribution >= 0.6 is 0 Å². The Bertz CT molecular complexity index is 504. The predicted molar refractivity (Wildman–Crippen MR) is 71.0 cm³/mol. The van der Waals surface area contributed by atoms with Gasteiger partial charge in [0.25, 0.3) is 0 Å². The van der Waals surface area contributed by atoms with E-state index < -0.39 is 6.61 Å². The normalized spacial score (nSPS) is 25.4. The molecule has 1 fully saturated rings. The number of fused-ring (bicyclic) bond motifs is 2. The molecular weight excluding hydrogens is 264 g/mol. The van der Waals surface area contributed by atoms with E-state index in [1.807, 2.05) is 6.07 Å². The Morgan fingerprint density at radius 3 is 3.05 bits per heavy atom. The van der Waals surface area contributed by atoms with Crippen LogP contribution in [0.5, 0.6) is 5.75 Å². The largest absolute Gasteiger partial charge is 0.435 e. The van der Waals surface area contributed by atoms with Crippen LogP contribution in [0.1, 0.15) is 12.0 Å². The molecule has 5 heteroatoms. The number of rotatable bonds is 4. The van der Waals surface area contributed by atoms with Crippen molar-refractivity contribution in [2.75, 3.05) is 13.2 Å². The Labute approximate surface area is 116 Å². The van der Waals surface area contributed by atoms with Gasteiger partial charge in [0.15, 0.2) is 0 Å². The fraction of sp³-hybridized carbons (Fsp3) is 0.467. The zero-order valence-electron chi connectivity index (χ0n) is 11.0. The van der Waals surface area contributed by atoms with Gasteiger partial charge in [-0.3, -0.25) is 0 Å². The summed E-state index contributed by atoms with van der Waals surface area (Å²) in [4.78, 5) is 0. The molecule has 0 amide bonds. The predicted octanol–water partition coefficient (Wildman–Crippen LogP) is 2.52. The third-order valence-electron chi connectivity index (χ3n) is 3.57. The molecule has 0 spiro atoms. The van der Waals surface area contributed by atoms with E-state index >= 15 is 0 Å². The lowest BCUT2D eigenvalue weighted by Crippen LogP contribution is -2.50. The van der Waals surface area contributed by atoms with Crippen molar-refractivity contribution in [3.05, 3.63) is 41.5 Å². The number of benzene rings is 1. The topological polar surface area (TPSA) is 30.5 Å². The first-order valence-electron chi connectivity index (χ1n) is 6.76. The first kappa shape index (κ1) is 13.5. The summed E-state index contributed by atoms with van der Waals surface area (Å²) in [5.41, 5.74) is 2.33. The fourth-order valence-electron chi connectivity index (χ4n) is 2.84. The van der Waals surface area contributed by atoms with Crippen molar-refractivity contribution in [3.8, 4) is 5.75 Å². The van der Waals surface area contributed by atoms with Gasteiger partial charge in [0.1, 0.15) is 5.75 Å². The highest BCUT2D eigenvalue weighted by atomic mass is 19.3. The standard InChI is InChI=1S/C15H17F2NO2/c16-15(17)20-14-3-1-2-10(7-14)4-11-5-12-8-19-9-13(6-11)18-12/h1-3,5,7,12-13,15,18H,4,6,8-9H2. The maximum atomic E-state index is 12.2. The van der Waals surface area contributed by atoms with Crippen molar-refractivity contribution in [1.29, 1.82) is 0 Å². The molecule has 1 aromatic rings. The van der Waals surface area contributed by atoms with Crippen LogP contribution in [0, 0.1) is 0 Å². The smallest absolute Gasteiger partial charge is 0.387 e. The molecular formula is C15H17F2NO2. The summed E-state index contributed by atoms with van der Waals surface area (Å²) in [6, 6.07) is 7.56. The van der Waals surface area contributed by atoms with E-state index in [1.54, 1.807) is 18.2 Å². The summed E-state index contributed by atoms with van der Waals surface area (Å²) in [5.74, 6) is 0.218. The Hall–Kier alpha value is -1.46. The average Bonchev–Trinajstić information content (AvgIpc) is 2.37. The molecule has 0 saturated carbocycles. The van der Waals surface area contributed by atoms with E-state index in [2.05, 4.69) is 16.1 Å². The summed E-state index contributed by atoms with van der Waals surface area (Å²) >= 11 is 0. The van der Waals surface area contributed by atoms with Crippen molar-refractivity contribution < 1.29 is 18.3 Å². The van der Waals surface area contributed by atoms with Gasteiger partial charge in [-0.05, 0) is 30.5 Å². The van der Waals surface area contributed by atoms with E-state index in [0.717, 1.165) is 25.0 Å². The van der Waals surface area contributed by atoms with Crippen LogP contribution in [0.3, 0.4) is 0 Å². The zero-order chi connectivity index (χ0) is 13.9. The molecule has 1 saturated heterocycles. The minimum absolute atomic E-state index is 0.218. The Morgan fingerprint density at radius 1 is 1.35 bits per heavy atom. The second kappa shape index (κ2) is 5.89. The van der Waals surface area contributed by atoms with Crippen molar-refractivity contribution in [1.82, 2.24) is 5.32 Å². The minimum atomic E-state index is -2.78. The van der Waals surface area contributed by atoms with Gasteiger partial charge in [-0.25, -0.2) is 0 Å². The second-order valence-corrected chi connectivity index (χ2v) is 5.24. The molecule has 2 aliphatic heterocycles. The first-order chi connectivity index (χ1) is 9.69. The fourth-order valence-corrected chi connectivity index (χ4v) is 2.84. The summed E-state index contributed by atoms with van der Waals surface area (Å²) in [7, 11) is 0. The van der Waals surface area contributed by atoms with Gasteiger partial charge in [-0.2, -0.15) is 8.78 Å². The Kier molecular flexibility index (Phi) is 3.98. The highest BCUT2D eigenvalue weighted by Gasteiger charge is 2.25. The zero-order valence-corrected chi connectivity index (χ0v) is 11.0. The van der Waals surface area contributed by atoms with E-state index in [4.69, 9.17) is 4.74 Å². The lowest BCUT2D eigenvalue weighted by molar-refractivity contribution is -0.0498. The summed E-state index contributed by atoms with van der Waals surface area (Å²) in [6.07, 6.45) is 3.90. The van der Waals surface area contributed by atoms with Gasteiger partial charge in [0, 0.05) is 12.1 Å². The number of morpholine rings is 1. The summed E-state index contributed by atoms with van der Waals surface area (Å²) in [6.45, 7) is -1.34. The summed E-state index contributed by atoms with van der Waals surface area (Å²) in [5, 5.41) is 3.48. The van der Waals surface area contributed by atoms with Gasteiger partial charge < -0.3 is 14.8 Å². The third-order valence-corrected chi connectivity index (χ3v) is 3.57. The lowest BCUT2D eigenvalue weighted by Gasteiger charge is -2.35. The molecule has 1 N–H and O–H groups in total. The van der Waals surface area contributed by atoms with Crippen molar-refractivity contribution in [2.45, 2.75) is 31.5 Å². The van der Waals surface area contributed by atoms with E-state index in [0.29, 0.717) is 12.6 Å². The highest BCUT2D eigenvalue weighted by molar-refractivity contribution is 5.32. The maximum absolute atomic E-state index is 12.2. The van der Waals surface area contributed by atoms with Crippen LogP contribution in [-0.2, 0) is 11.2 Å². The molecule has 2 atom stereocenters. The van der Waals surface area contributed by atoms with Gasteiger partial charge in [-0.15, -0.1) is 0 Å². The van der Waals surface area contributed by atoms with Crippen molar-refractivity contribution >= 4 is 0 Å². The molecule has 2 bridgehead atoms. The minimum Gasteiger partial charge on any atom is -0.435 e. The van der Waals surface area contributed by atoms with Crippen LogP contribution < -0.4 is 10.1 Å². The quantitative estimate of drug-likeness (QED) is 0.860. The van der Waals surface area contributed by atoms with Crippen LogP contribution in [0.15, 0.2) is 35.9 Å². The number of alkyl halides is 2. The van der Waals surface area contributed by atoms with Crippen LogP contribution in [0.4, 0.5) is 8.78 Å². The Morgan fingerprint density at radius 2 is 2.25 bits per heavy atom. The van der Waals surface area contributed by atoms with Crippen LogP contribution in [0.25, 0.3) is 0 Å². The molecule has 0 aliphatic carbocycles. The molecule has 0 aromatic heterocycles. The van der Waals surface area contributed by atoms with Gasteiger partial charge in [0.05, 0.1) is 13.2 Å². The molecule has 2 unspecified atom stereocenters. The highest BCUT2D eigenvalue weighted by Crippen LogP contribution is 2.24. The van der Waals surface area contributed by atoms with E-state index in [9.17, 15) is 8.78 Å². The van der Waals surface area contributed by atoms with Gasteiger partial charge in [-0.1, -0.05) is 23.8 Å². The molecule has 3 rings (SSSR count). The maximum Gasteiger partial charge on any atom is 0.387 e. The van der Waals surface area contributed by atoms with E-state index in [-0.39, 0.29) is 11.8 Å². The second-order valence-electron chi connectivity index (χ2n) is 5.24. The van der Waals surface area contributed by atoms with Gasteiger partial charge >= 0.3 is 6.61 Å². The number of hydrogen-bond acceptors (Lipinski definition) is 3. The molecule has 3 nitrogen and oxygen atoms in total. The number of ether oxygens (including phenoxy) is 2. The SMILES string of the molecule is FC(F)Oc1cccc(CC2=CC3COCC(C2)N3)c1. The molecule has 108 valence electrons. The average molecular weight is 281 g/mol. The van der Waals surface area contributed by atoms with Crippen LogP contribution in [0.2, 0.25) is 0 Å². The monoisotopic (exact) mass is 281 g/mol. The molecule has 0 radical (unpaired) electrons. The third kappa shape index (κ3) is 3.35. The number of hydrogen-bond donors (Lipinski definition) is 1. The lowest BCUT2D eigenvalue weighted by atomic mass is 9.92. The Balaban J connectivity index is 1.69. The van der Waals surface area contributed by atoms with Crippen molar-refractivity contribution in [2.24, 2.45) is 0 Å². The number of halogens is 2. The van der Waals surface area contributed by atoms with Crippen molar-refractivity contribution in [3.63, 3.8) is 0 Å². The first-order valence-corrected chi connectivity index (χ1v) is 6.76.